The number of rotatable bonds is 3. The van der Waals surface area contributed by atoms with Gasteiger partial charge in [0.1, 0.15) is 5.82 Å². The lowest BCUT2D eigenvalue weighted by molar-refractivity contribution is 0.270. The molecule has 0 aromatic heterocycles. The van der Waals surface area contributed by atoms with Gasteiger partial charge >= 0.3 is 0 Å². The van der Waals surface area contributed by atoms with Gasteiger partial charge in [0.15, 0.2) is 0 Å². The van der Waals surface area contributed by atoms with Gasteiger partial charge in [-0.3, -0.25) is 0 Å². The van der Waals surface area contributed by atoms with Gasteiger partial charge in [0, 0.05) is 26.2 Å². The maximum Gasteiger partial charge on any atom is 0.146 e. The number of hydrogen-bond acceptors (Lipinski definition) is 3. The Kier molecular flexibility index (Phi) is 12.2. The minimum atomic E-state index is -0.109. The lowest BCUT2D eigenvalue weighted by atomic mass is 9.91. The Labute approximate surface area is 171 Å². The Balaban J connectivity index is 0.000000251. The molecule has 0 spiro atoms. The van der Waals surface area contributed by atoms with Gasteiger partial charge in [-0.1, -0.05) is 70.2 Å². The fraction of sp³-hybridized carbons (Fsp3) is 0.625. The molecule has 1 heterocycles. The largest absolute Gasteiger partial charge is 0.367 e. The molecule has 0 amide bonds. The fourth-order valence-electron chi connectivity index (χ4n) is 3.45. The molecule has 1 aromatic rings. The summed E-state index contributed by atoms with van der Waals surface area (Å²) in [5, 5.41) is 7.93. The van der Waals surface area contributed by atoms with E-state index in [9.17, 15) is 4.39 Å². The molecule has 0 N–H and O–H groups in total. The molecule has 156 valence electrons. The third-order valence-corrected chi connectivity index (χ3v) is 5.29. The Bertz CT molecular complexity index is 594. The lowest BCUT2D eigenvalue weighted by Gasteiger charge is -2.35. The standard InChI is InChI=1S/C12H17FN2.C7H14.C5H7N/c1-2-14-7-9-15(10-8-14)12-6-4-3-5-11(12)13;1-7-5-3-2-4-6-7;1-5(2)3-4-6/h3-6H,2,7-10H2,1H3;7H,2-6H2,1H3;1,3H2,2H3. The van der Waals surface area contributed by atoms with Gasteiger partial charge in [-0.2, -0.15) is 5.26 Å². The van der Waals surface area contributed by atoms with Gasteiger partial charge in [0.05, 0.1) is 18.2 Å². The highest BCUT2D eigenvalue weighted by Crippen LogP contribution is 2.22. The molecule has 1 saturated carbocycles. The number of likely N-dealkylation sites (N-methyl/N-ethyl adjacent to an activating group) is 1. The van der Waals surface area contributed by atoms with Crippen LogP contribution in [-0.4, -0.2) is 37.6 Å². The number of nitriles is 1. The summed E-state index contributed by atoms with van der Waals surface area (Å²) in [6, 6.07) is 8.99. The normalized spacial score (nSPS) is 17.5. The summed E-state index contributed by atoms with van der Waals surface area (Å²) in [5.74, 6) is 0.927. The number of halogens is 1. The second-order valence-electron chi connectivity index (χ2n) is 7.91. The van der Waals surface area contributed by atoms with E-state index in [2.05, 4.69) is 30.2 Å². The van der Waals surface area contributed by atoms with Crippen molar-refractivity contribution >= 4 is 5.69 Å². The van der Waals surface area contributed by atoms with Crippen LogP contribution in [-0.2, 0) is 0 Å². The average molecular weight is 388 g/mol. The van der Waals surface area contributed by atoms with Crippen molar-refractivity contribution in [3.63, 3.8) is 0 Å². The molecule has 1 aliphatic carbocycles. The zero-order valence-corrected chi connectivity index (χ0v) is 18.1. The molecule has 1 aliphatic heterocycles. The molecule has 1 saturated heterocycles. The Morgan fingerprint density at radius 2 is 1.75 bits per heavy atom. The van der Waals surface area contributed by atoms with Gasteiger partial charge < -0.3 is 9.80 Å². The van der Waals surface area contributed by atoms with Crippen molar-refractivity contribution in [2.24, 2.45) is 5.92 Å². The number of anilines is 1. The molecule has 0 unspecified atom stereocenters. The van der Waals surface area contributed by atoms with E-state index in [1.165, 1.54) is 38.2 Å². The zero-order valence-electron chi connectivity index (χ0n) is 18.1. The van der Waals surface area contributed by atoms with Crippen molar-refractivity contribution < 1.29 is 4.39 Å². The average Bonchev–Trinajstić information content (AvgIpc) is 2.70. The summed E-state index contributed by atoms with van der Waals surface area (Å²) in [6.07, 6.45) is 7.92. The summed E-state index contributed by atoms with van der Waals surface area (Å²) < 4.78 is 13.5. The lowest BCUT2D eigenvalue weighted by Crippen LogP contribution is -2.46. The van der Waals surface area contributed by atoms with Gasteiger partial charge in [0.25, 0.3) is 0 Å². The molecule has 0 radical (unpaired) electrons. The van der Waals surface area contributed by atoms with E-state index < -0.39 is 0 Å². The van der Waals surface area contributed by atoms with E-state index in [-0.39, 0.29) is 5.82 Å². The predicted molar refractivity (Wildman–Crippen MR) is 118 cm³/mol. The van der Waals surface area contributed by atoms with Crippen molar-refractivity contribution in [1.82, 2.24) is 4.90 Å². The van der Waals surface area contributed by atoms with Crippen molar-refractivity contribution in [3.8, 4) is 6.07 Å². The van der Waals surface area contributed by atoms with Crippen LogP contribution < -0.4 is 4.90 Å². The van der Waals surface area contributed by atoms with Gasteiger partial charge in [-0.15, -0.1) is 0 Å². The maximum atomic E-state index is 13.5. The van der Waals surface area contributed by atoms with Crippen LogP contribution in [0.15, 0.2) is 36.4 Å². The summed E-state index contributed by atoms with van der Waals surface area (Å²) in [5.41, 5.74) is 1.67. The van der Waals surface area contributed by atoms with Crippen molar-refractivity contribution in [1.29, 1.82) is 5.26 Å². The number of para-hydroxylation sites is 1. The second-order valence-corrected chi connectivity index (χ2v) is 7.91. The Morgan fingerprint density at radius 3 is 2.14 bits per heavy atom. The molecule has 0 atom stereocenters. The Hall–Kier alpha value is -1.86. The van der Waals surface area contributed by atoms with E-state index >= 15 is 0 Å². The molecule has 3 nitrogen and oxygen atoms in total. The highest BCUT2D eigenvalue weighted by Gasteiger charge is 2.17. The number of nitrogens with zero attached hydrogens (tertiary/aromatic N) is 3. The van der Waals surface area contributed by atoms with Gasteiger partial charge in [-0.25, -0.2) is 4.39 Å². The van der Waals surface area contributed by atoms with Gasteiger partial charge in [0.2, 0.25) is 0 Å². The van der Waals surface area contributed by atoms with E-state index in [1.54, 1.807) is 6.07 Å². The van der Waals surface area contributed by atoms with Crippen molar-refractivity contribution in [2.45, 2.75) is 59.3 Å². The first-order chi connectivity index (χ1) is 13.5. The number of allylic oxidation sites excluding steroid dienone is 1. The summed E-state index contributed by atoms with van der Waals surface area (Å²) in [6.45, 7) is 14.9. The van der Waals surface area contributed by atoms with E-state index in [1.807, 2.05) is 25.1 Å². The van der Waals surface area contributed by atoms with Crippen LogP contribution in [0, 0.1) is 23.1 Å². The van der Waals surface area contributed by atoms with E-state index in [4.69, 9.17) is 5.26 Å². The molecule has 2 aliphatic rings. The van der Waals surface area contributed by atoms with E-state index in [0.29, 0.717) is 6.42 Å². The first-order valence-electron chi connectivity index (χ1n) is 10.7. The second kappa shape index (κ2) is 14.2. The van der Waals surface area contributed by atoms with Crippen molar-refractivity contribution in [2.75, 3.05) is 37.6 Å². The molecule has 4 heteroatoms. The summed E-state index contributed by atoms with van der Waals surface area (Å²) in [4.78, 5) is 4.51. The molecule has 3 rings (SSSR count). The van der Waals surface area contributed by atoms with Crippen molar-refractivity contribution in [3.05, 3.63) is 42.2 Å². The summed E-state index contributed by atoms with van der Waals surface area (Å²) >= 11 is 0. The molecular weight excluding hydrogens is 349 g/mol. The van der Waals surface area contributed by atoms with Crippen LogP contribution in [0.25, 0.3) is 0 Å². The number of hydrogen-bond donors (Lipinski definition) is 0. The highest BCUT2D eigenvalue weighted by molar-refractivity contribution is 5.47. The predicted octanol–water partition coefficient (Wildman–Crippen LogP) is 6.03. The van der Waals surface area contributed by atoms with Crippen LogP contribution in [0.4, 0.5) is 10.1 Å². The Morgan fingerprint density at radius 1 is 1.14 bits per heavy atom. The smallest absolute Gasteiger partial charge is 0.146 e. The molecule has 2 fully saturated rings. The minimum absolute atomic E-state index is 0.109. The fourth-order valence-corrected chi connectivity index (χ4v) is 3.45. The monoisotopic (exact) mass is 387 g/mol. The third-order valence-electron chi connectivity index (χ3n) is 5.29. The SMILES string of the molecule is C=C(C)CC#N.CC1CCCCC1.CCN1CCN(c2ccccc2F)CC1. The first-order valence-corrected chi connectivity index (χ1v) is 10.7. The molecule has 0 bridgehead atoms. The van der Waals surface area contributed by atoms with Crippen LogP contribution in [0.3, 0.4) is 0 Å². The number of benzene rings is 1. The maximum absolute atomic E-state index is 13.5. The quantitative estimate of drug-likeness (QED) is 0.593. The minimum Gasteiger partial charge on any atom is -0.367 e. The third kappa shape index (κ3) is 9.90. The number of piperazine rings is 1. The first kappa shape index (κ1) is 24.2. The topological polar surface area (TPSA) is 30.3 Å². The van der Waals surface area contributed by atoms with Crippen LogP contribution in [0.5, 0.6) is 0 Å². The van der Waals surface area contributed by atoms with Gasteiger partial charge in [-0.05, 0) is 31.5 Å². The van der Waals surface area contributed by atoms with Crippen LogP contribution >= 0.6 is 0 Å². The summed E-state index contributed by atoms with van der Waals surface area (Å²) in [7, 11) is 0. The van der Waals surface area contributed by atoms with Crippen LogP contribution in [0.2, 0.25) is 0 Å². The van der Waals surface area contributed by atoms with Crippen LogP contribution in [0.1, 0.15) is 59.3 Å². The molecular formula is C24H38FN3. The highest BCUT2D eigenvalue weighted by atomic mass is 19.1. The zero-order chi connectivity index (χ0) is 20.8. The molecule has 1 aromatic carbocycles. The van der Waals surface area contributed by atoms with E-state index in [0.717, 1.165) is 49.9 Å². The molecule has 28 heavy (non-hydrogen) atoms.